The van der Waals surface area contributed by atoms with Crippen LogP contribution in [0.15, 0.2) is 18.2 Å². The highest BCUT2D eigenvalue weighted by Gasteiger charge is 2.53. The number of carbonyl (C=O) groups excluding carboxylic acids is 1. The van der Waals surface area contributed by atoms with Gasteiger partial charge in [0.25, 0.3) is 0 Å². The van der Waals surface area contributed by atoms with Gasteiger partial charge in [0.1, 0.15) is 5.92 Å². The number of anilines is 2. The van der Waals surface area contributed by atoms with Crippen molar-refractivity contribution in [1.82, 2.24) is 0 Å². The highest BCUT2D eigenvalue weighted by atomic mass is 32.2. The van der Waals surface area contributed by atoms with E-state index < -0.39 is 32.8 Å². The van der Waals surface area contributed by atoms with Gasteiger partial charge in [-0.05, 0) is 24.6 Å². The van der Waals surface area contributed by atoms with E-state index in [9.17, 15) is 23.3 Å². The largest absolute Gasteiger partial charge is 0.326 e. The normalized spacial score (nSPS) is 20.7. The lowest BCUT2D eigenvalue weighted by atomic mass is 10.2. The Morgan fingerprint density at radius 2 is 2.10 bits per heavy atom. The van der Waals surface area contributed by atoms with Gasteiger partial charge in [0.2, 0.25) is 22.0 Å². The monoisotopic (exact) mass is 313 g/mol. The van der Waals surface area contributed by atoms with E-state index in [0.717, 1.165) is 6.26 Å². The fraction of sp³-hybridized carbons (Fsp3) is 0.417. The molecule has 2 unspecified atom stereocenters. The Morgan fingerprint density at radius 3 is 2.62 bits per heavy atom. The molecule has 1 aromatic rings. The summed E-state index contributed by atoms with van der Waals surface area (Å²) >= 11 is 0. The van der Waals surface area contributed by atoms with Crippen LogP contribution in [-0.2, 0) is 14.8 Å². The van der Waals surface area contributed by atoms with E-state index >= 15 is 0 Å². The number of carbonyl (C=O) groups is 1. The van der Waals surface area contributed by atoms with Gasteiger partial charge in [0.05, 0.1) is 11.9 Å². The molecule has 21 heavy (non-hydrogen) atoms. The molecule has 1 aliphatic carbocycles. The third-order valence-electron chi connectivity index (χ3n) is 3.16. The smallest absolute Gasteiger partial charge is 0.234 e. The molecule has 114 valence electrons. The van der Waals surface area contributed by atoms with Gasteiger partial charge in [-0.25, -0.2) is 8.42 Å². The molecule has 2 N–H and O–H groups in total. The standard InChI is InChI=1S/C12H15N3O5S/c1-7-3-4-8(5-10(7)14-21(2,19)20)13-12(16)9-6-11(9)15(17)18/h3-5,9,11,14H,6H2,1-2H3,(H,13,16). The Hall–Kier alpha value is -2.16. The molecule has 0 spiro atoms. The summed E-state index contributed by atoms with van der Waals surface area (Å²) in [5.74, 6) is -1.04. The number of nitrogens with one attached hydrogen (secondary N) is 2. The second-order valence-corrected chi connectivity index (χ2v) is 6.84. The third kappa shape index (κ3) is 3.91. The summed E-state index contributed by atoms with van der Waals surface area (Å²) in [5, 5.41) is 13.1. The first-order valence-electron chi connectivity index (χ1n) is 6.20. The molecule has 0 aromatic heterocycles. The number of nitro groups is 1. The first-order chi connectivity index (χ1) is 9.67. The summed E-state index contributed by atoms with van der Waals surface area (Å²) in [6, 6.07) is 3.94. The molecule has 1 saturated carbocycles. The second-order valence-electron chi connectivity index (χ2n) is 5.09. The number of amides is 1. The summed E-state index contributed by atoms with van der Waals surface area (Å²) in [7, 11) is -3.42. The molecule has 0 bridgehead atoms. The summed E-state index contributed by atoms with van der Waals surface area (Å²) in [4.78, 5) is 21.9. The summed E-state index contributed by atoms with van der Waals surface area (Å²) in [6.07, 6.45) is 1.27. The minimum atomic E-state index is -3.42. The zero-order chi connectivity index (χ0) is 15.8. The lowest BCUT2D eigenvalue weighted by molar-refractivity contribution is -0.497. The van der Waals surface area contributed by atoms with Crippen molar-refractivity contribution in [3.8, 4) is 0 Å². The van der Waals surface area contributed by atoms with Gasteiger partial charge in [-0.15, -0.1) is 0 Å². The van der Waals surface area contributed by atoms with Crippen LogP contribution >= 0.6 is 0 Å². The van der Waals surface area contributed by atoms with E-state index in [4.69, 9.17) is 0 Å². The van der Waals surface area contributed by atoms with Crippen molar-refractivity contribution in [3.05, 3.63) is 33.9 Å². The van der Waals surface area contributed by atoms with Crippen LogP contribution in [-0.4, -0.2) is 31.5 Å². The molecule has 9 heteroatoms. The summed E-state index contributed by atoms with van der Waals surface area (Å²) in [5.41, 5.74) is 1.45. The van der Waals surface area contributed by atoms with E-state index in [0.29, 0.717) is 16.9 Å². The Bertz CT molecular complexity index is 701. The first kappa shape index (κ1) is 15.2. The molecule has 1 aromatic carbocycles. The Balaban J connectivity index is 2.09. The van der Waals surface area contributed by atoms with E-state index in [1.54, 1.807) is 19.1 Å². The fourth-order valence-electron chi connectivity index (χ4n) is 1.94. The summed E-state index contributed by atoms with van der Waals surface area (Å²) < 4.78 is 24.8. The molecule has 0 saturated heterocycles. The van der Waals surface area contributed by atoms with Gasteiger partial charge in [-0.2, -0.15) is 0 Å². The van der Waals surface area contributed by atoms with Gasteiger partial charge in [0.15, 0.2) is 0 Å². The molecule has 2 atom stereocenters. The molecular formula is C12H15N3O5S. The predicted molar refractivity (Wildman–Crippen MR) is 77.2 cm³/mol. The van der Waals surface area contributed by atoms with Gasteiger partial charge in [0, 0.05) is 17.0 Å². The van der Waals surface area contributed by atoms with Gasteiger partial charge in [-0.1, -0.05) is 6.07 Å². The van der Waals surface area contributed by atoms with Crippen LogP contribution in [0, 0.1) is 23.0 Å². The van der Waals surface area contributed by atoms with E-state index in [-0.39, 0.29) is 6.42 Å². The Morgan fingerprint density at radius 1 is 1.43 bits per heavy atom. The van der Waals surface area contributed by atoms with Gasteiger partial charge in [-0.3, -0.25) is 19.6 Å². The molecule has 0 heterocycles. The average molecular weight is 313 g/mol. The van der Waals surface area contributed by atoms with Crippen molar-refractivity contribution in [1.29, 1.82) is 0 Å². The van der Waals surface area contributed by atoms with Crippen LogP contribution in [0.3, 0.4) is 0 Å². The molecule has 0 aliphatic heterocycles. The maximum Gasteiger partial charge on any atom is 0.234 e. The third-order valence-corrected chi connectivity index (χ3v) is 3.76. The molecule has 1 amide bonds. The summed E-state index contributed by atoms with van der Waals surface area (Å²) in [6.45, 7) is 1.72. The number of aryl methyl sites for hydroxylation is 1. The molecule has 8 nitrogen and oxygen atoms in total. The number of nitrogens with zero attached hydrogens (tertiary/aromatic N) is 1. The van der Waals surface area contributed by atoms with Gasteiger partial charge >= 0.3 is 0 Å². The highest BCUT2D eigenvalue weighted by Crippen LogP contribution is 2.34. The van der Waals surface area contributed by atoms with E-state index in [1.807, 2.05) is 0 Å². The van der Waals surface area contributed by atoms with Crippen molar-refractivity contribution in [2.45, 2.75) is 19.4 Å². The van der Waals surface area contributed by atoms with Crippen LogP contribution < -0.4 is 10.0 Å². The highest BCUT2D eigenvalue weighted by molar-refractivity contribution is 7.92. The SMILES string of the molecule is Cc1ccc(NC(=O)C2CC2[N+](=O)[O-])cc1NS(C)(=O)=O. The number of hydrogen-bond donors (Lipinski definition) is 2. The minimum absolute atomic E-state index is 0.235. The Labute approximate surface area is 121 Å². The zero-order valence-corrected chi connectivity index (χ0v) is 12.3. The topological polar surface area (TPSA) is 118 Å². The number of sulfonamides is 1. The van der Waals surface area contributed by atoms with Crippen LogP contribution in [0.4, 0.5) is 11.4 Å². The number of benzene rings is 1. The second kappa shape index (κ2) is 5.32. The van der Waals surface area contributed by atoms with Crippen LogP contribution in [0.1, 0.15) is 12.0 Å². The molecule has 1 aliphatic rings. The molecular weight excluding hydrogens is 298 g/mol. The van der Waals surface area contributed by atoms with Crippen LogP contribution in [0.25, 0.3) is 0 Å². The first-order valence-corrected chi connectivity index (χ1v) is 8.09. The lowest BCUT2D eigenvalue weighted by Gasteiger charge is -2.10. The van der Waals surface area contributed by atoms with Crippen molar-refractivity contribution in [2.24, 2.45) is 5.92 Å². The minimum Gasteiger partial charge on any atom is -0.326 e. The average Bonchev–Trinajstić information content (AvgIpc) is 3.11. The van der Waals surface area contributed by atoms with Crippen molar-refractivity contribution < 1.29 is 18.1 Å². The Kier molecular flexibility index (Phi) is 3.86. The predicted octanol–water partition coefficient (Wildman–Crippen LogP) is 0.970. The molecule has 0 radical (unpaired) electrons. The number of rotatable bonds is 5. The lowest BCUT2D eigenvalue weighted by Crippen LogP contribution is -2.18. The van der Waals surface area contributed by atoms with E-state index in [2.05, 4.69) is 10.0 Å². The van der Waals surface area contributed by atoms with Crippen LogP contribution in [0.2, 0.25) is 0 Å². The molecule has 2 rings (SSSR count). The van der Waals surface area contributed by atoms with Crippen molar-refractivity contribution in [3.63, 3.8) is 0 Å². The molecule has 1 fully saturated rings. The quantitative estimate of drug-likeness (QED) is 0.620. The zero-order valence-electron chi connectivity index (χ0n) is 11.5. The maximum absolute atomic E-state index is 11.8. The van der Waals surface area contributed by atoms with Crippen molar-refractivity contribution in [2.75, 3.05) is 16.3 Å². The van der Waals surface area contributed by atoms with Crippen molar-refractivity contribution >= 4 is 27.3 Å². The van der Waals surface area contributed by atoms with Crippen LogP contribution in [0.5, 0.6) is 0 Å². The van der Waals surface area contributed by atoms with E-state index in [1.165, 1.54) is 6.07 Å². The van der Waals surface area contributed by atoms with Gasteiger partial charge < -0.3 is 5.32 Å². The maximum atomic E-state index is 11.8. The number of hydrogen-bond acceptors (Lipinski definition) is 5. The fourth-order valence-corrected chi connectivity index (χ4v) is 2.56.